The first-order valence-electron chi connectivity index (χ1n) is 8.54. The second-order valence-electron chi connectivity index (χ2n) is 5.78. The number of benzene rings is 2. The molecule has 1 heterocycles. The third-order valence-corrected chi connectivity index (χ3v) is 3.88. The van der Waals surface area contributed by atoms with Gasteiger partial charge in [0.2, 0.25) is 0 Å². The molecule has 0 fully saturated rings. The molecule has 0 saturated carbocycles. The van der Waals surface area contributed by atoms with Gasteiger partial charge in [0.25, 0.3) is 0 Å². The van der Waals surface area contributed by atoms with Gasteiger partial charge in [0, 0.05) is 24.4 Å². The molecule has 0 saturated heterocycles. The van der Waals surface area contributed by atoms with Crippen LogP contribution in [0, 0.1) is 0 Å². The topological polar surface area (TPSA) is 56.5 Å². The largest absolute Gasteiger partial charge is 0.464 e. The van der Waals surface area contributed by atoms with E-state index < -0.39 is 12.0 Å². The van der Waals surface area contributed by atoms with Gasteiger partial charge < -0.3 is 4.74 Å². The van der Waals surface area contributed by atoms with Crippen molar-refractivity contribution in [3.05, 3.63) is 89.7 Å². The Bertz CT molecular complexity index is 844. The molecular weight excluding hydrogens is 326 g/mol. The van der Waals surface area contributed by atoms with Gasteiger partial charge in [-0.15, -0.1) is 0 Å². The standard InChI is InChI=1S/C21H21N3O2/c1-3-26-21(25)20(18-14-15-24(2)23-18)22-19(16-10-6-4-7-11-16)17-12-8-5-9-13-17/h4-15,20H,3H2,1-2H3. The van der Waals surface area contributed by atoms with Gasteiger partial charge in [-0.2, -0.15) is 5.10 Å². The molecule has 0 bridgehead atoms. The first kappa shape index (κ1) is 17.6. The van der Waals surface area contributed by atoms with Crippen molar-refractivity contribution in [3.8, 4) is 0 Å². The number of carbonyl (C=O) groups is 1. The second-order valence-corrected chi connectivity index (χ2v) is 5.78. The van der Waals surface area contributed by atoms with Gasteiger partial charge in [0.1, 0.15) is 0 Å². The van der Waals surface area contributed by atoms with E-state index in [1.54, 1.807) is 23.9 Å². The summed E-state index contributed by atoms with van der Waals surface area (Å²) in [5.41, 5.74) is 3.16. The van der Waals surface area contributed by atoms with Crippen molar-refractivity contribution >= 4 is 11.7 Å². The zero-order valence-electron chi connectivity index (χ0n) is 14.9. The Hall–Kier alpha value is -3.21. The minimum Gasteiger partial charge on any atom is -0.464 e. The summed E-state index contributed by atoms with van der Waals surface area (Å²) in [4.78, 5) is 17.4. The lowest BCUT2D eigenvalue weighted by molar-refractivity contribution is -0.144. The number of rotatable bonds is 6. The fourth-order valence-corrected chi connectivity index (χ4v) is 2.68. The highest BCUT2D eigenvalue weighted by molar-refractivity contribution is 6.13. The van der Waals surface area contributed by atoms with E-state index in [1.807, 2.05) is 67.7 Å². The van der Waals surface area contributed by atoms with E-state index >= 15 is 0 Å². The molecular formula is C21H21N3O2. The van der Waals surface area contributed by atoms with Crippen molar-refractivity contribution in [1.29, 1.82) is 0 Å². The number of hydrogen-bond acceptors (Lipinski definition) is 4. The Balaban J connectivity index is 2.12. The van der Waals surface area contributed by atoms with E-state index in [2.05, 4.69) is 5.10 Å². The Morgan fingerprint density at radius 3 is 2.08 bits per heavy atom. The molecule has 1 aromatic heterocycles. The highest BCUT2D eigenvalue weighted by Crippen LogP contribution is 2.21. The lowest BCUT2D eigenvalue weighted by Gasteiger charge is -2.13. The molecule has 132 valence electrons. The number of carbonyl (C=O) groups excluding carboxylic acids is 1. The second kappa shape index (κ2) is 8.25. The Morgan fingerprint density at radius 2 is 1.62 bits per heavy atom. The molecule has 1 unspecified atom stereocenters. The molecule has 0 N–H and O–H groups in total. The van der Waals surface area contributed by atoms with Crippen molar-refractivity contribution in [3.63, 3.8) is 0 Å². The number of aliphatic imine (C=N–C) groups is 1. The van der Waals surface area contributed by atoms with E-state index in [0.29, 0.717) is 12.3 Å². The SMILES string of the molecule is CCOC(=O)C(N=C(c1ccccc1)c1ccccc1)c1ccn(C)n1. The van der Waals surface area contributed by atoms with Crippen LogP contribution in [0.5, 0.6) is 0 Å². The minimum atomic E-state index is -0.813. The maximum Gasteiger partial charge on any atom is 0.337 e. The molecule has 0 amide bonds. The summed E-state index contributed by atoms with van der Waals surface area (Å²) < 4.78 is 6.90. The number of ether oxygens (including phenoxy) is 1. The van der Waals surface area contributed by atoms with Crippen LogP contribution in [0.3, 0.4) is 0 Å². The van der Waals surface area contributed by atoms with Gasteiger partial charge >= 0.3 is 5.97 Å². The van der Waals surface area contributed by atoms with Gasteiger partial charge in [-0.05, 0) is 13.0 Å². The molecule has 3 aromatic rings. The van der Waals surface area contributed by atoms with E-state index in [-0.39, 0.29) is 0 Å². The van der Waals surface area contributed by atoms with Gasteiger partial charge in [0.15, 0.2) is 6.04 Å². The predicted octanol–water partition coefficient (Wildman–Crippen LogP) is 3.56. The maximum absolute atomic E-state index is 12.6. The molecule has 0 aliphatic carbocycles. The van der Waals surface area contributed by atoms with Crippen molar-refractivity contribution < 1.29 is 9.53 Å². The zero-order chi connectivity index (χ0) is 18.4. The lowest BCUT2D eigenvalue weighted by atomic mass is 10.0. The summed E-state index contributed by atoms with van der Waals surface area (Å²) in [6.07, 6.45) is 1.79. The monoisotopic (exact) mass is 347 g/mol. The van der Waals surface area contributed by atoms with Crippen LogP contribution in [0.25, 0.3) is 0 Å². The Kier molecular flexibility index (Phi) is 5.59. The summed E-state index contributed by atoms with van der Waals surface area (Å²) in [5.74, 6) is -0.407. The molecule has 3 rings (SSSR count). The quantitative estimate of drug-likeness (QED) is 0.506. The van der Waals surface area contributed by atoms with E-state index in [4.69, 9.17) is 9.73 Å². The summed E-state index contributed by atoms with van der Waals surface area (Å²) >= 11 is 0. The summed E-state index contributed by atoms with van der Waals surface area (Å²) in [6, 6.07) is 20.6. The van der Waals surface area contributed by atoms with Gasteiger partial charge in [-0.25, -0.2) is 4.79 Å². The van der Waals surface area contributed by atoms with E-state index in [9.17, 15) is 4.79 Å². The number of nitrogens with zero attached hydrogens (tertiary/aromatic N) is 3. The molecule has 0 aliphatic heterocycles. The summed E-state index contributed by atoms with van der Waals surface area (Å²) in [5, 5.41) is 4.36. The Labute approximate surface area is 153 Å². The number of esters is 1. The minimum absolute atomic E-state index is 0.295. The van der Waals surface area contributed by atoms with Crippen LogP contribution in [0.2, 0.25) is 0 Å². The predicted molar refractivity (Wildman–Crippen MR) is 101 cm³/mol. The van der Waals surface area contributed by atoms with Crippen molar-refractivity contribution in [1.82, 2.24) is 9.78 Å². The highest BCUT2D eigenvalue weighted by Gasteiger charge is 2.25. The normalized spacial score (nSPS) is 11.6. The first-order chi connectivity index (χ1) is 12.7. The van der Waals surface area contributed by atoms with Crippen molar-refractivity contribution in [2.24, 2.45) is 12.0 Å². The average Bonchev–Trinajstić information content (AvgIpc) is 3.10. The Morgan fingerprint density at radius 1 is 1.04 bits per heavy atom. The number of hydrogen-bond donors (Lipinski definition) is 0. The third-order valence-electron chi connectivity index (χ3n) is 3.88. The zero-order valence-corrected chi connectivity index (χ0v) is 14.9. The van der Waals surface area contributed by atoms with Crippen LogP contribution < -0.4 is 0 Å². The van der Waals surface area contributed by atoms with Gasteiger partial charge in [0.05, 0.1) is 18.0 Å². The molecule has 26 heavy (non-hydrogen) atoms. The van der Waals surface area contributed by atoms with Gasteiger partial charge in [-0.3, -0.25) is 9.67 Å². The lowest BCUT2D eigenvalue weighted by Crippen LogP contribution is -2.18. The van der Waals surface area contributed by atoms with E-state index in [0.717, 1.165) is 16.8 Å². The molecule has 5 nitrogen and oxygen atoms in total. The smallest absolute Gasteiger partial charge is 0.337 e. The fraction of sp³-hybridized carbons (Fsp3) is 0.190. The molecule has 0 aliphatic rings. The van der Waals surface area contributed by atoms with Crippen LogP contribution in [-0.4, -0.2) is 28.1 Å². The summed E-state index contributed by atoms with van der Waals surface area (Å²) in [6.45, 7) is 2.08. The van der Waals surface area contributed by atoms with E-state index in [1.165, 1.54) is 0 Å². The summed E-state index contributed by atoms with van der Waals surface area (Å²) in [7, 11) is 1.81. The third kappa shape index (κ3) is 4.06. The number of aromatic nitrogens is 2. The molecule has 0 radical (unpaired) electrons. The van der Waals surface area contributed by atoms with Crippen LogP contribution in [-0.2, 0) is 16.6 Å². The highest BCUT2D eigenvalue weighted by atomic mass is 16.5. The molecule has 5 heteroatoms. The van der Waals surface area contributed by atoms with Crippen molar-refractivity contribution in [2.75, 3.05) is 6.61 Å². The number of aryl methyl sites for hydroxylation is 1. The average molecular weight is 347 g/mol. The van der Waals surface area contributed by atoms with Crippen LogP contribution in [0.4, 0.5) is 0 Å². The molecule has 2 aromatic carbocycles. The van der Waals surface area contributed by atoms with Crippen LogP contribution in [0.1, 0.15) is 29.8 Å². The van der Waals surface area contributed by atoms with Gasteiger partial charge in [-0.1, -0.05) is 60.7 Å². The fourth-order valence-electron chi connectivity index (χ4n) is 2.68. The molecule has 0 spiro atoms. The van der Waals surface area contributed by atoms with Crippen LogP contribution >= 0.6 is 0 Å². The maximum atomic E-state index is 12.6. The van der Waals surface area contributed by atoms with Crippen molar-refractivity contribution in [2.45, 2.75) is 13.0 Å². The van der Waals surface area contributed by atoms with Crippen LogP contribution in [0.15, 0.2) is 77.9 Å². The first-order valence-corrected chi connectivity index (χ1v) is 8.54. The molecule has 1 atom stereocenters.